The first-order chi connectivity index (χ1) is 23.2. The second kappa shape index (κ2) is 11.0. The van der Waals surface area contributed by atoms with Crippen LogP contribution in [-0.4, -0.2) is 84.5 Å². The highest BCUT2D eigenvalue weighted by Gasteiger charge is 2.51. The number of hydrogen-bond acceptors (Lipinski definition) is 8. The predicted octanol–water partition coefficient (Wildman–Crippen LogP) is 4.95. The third-order valence-corrected chi connectivity index (χ3v) is 11.3. The van der Waals surface area contributed by atoms with E-state index in [-0.39, 0.29) is 56.7 Å². The van der Waals surface area contributed by atoms with Gasteiger partial charge in [0.05, 0.1) is 17.7 Å². The lowest BCUT2D eigenvalue weighted by atomic mass is 9.78. The molecule has 5 fully saturated rings. The minimum Gasteiger partial charge on any atom is -0.508 e. The number of phenolic OH excluding ortho intramolecular Hbond substituents is 1. The van der Waals surface area contributed by atoms with Crippen LogP contribution in [0.1, 0.15) is 37.7 Å². The van der Waals surface area contributed by atoms with Gasteiger partial charge in [0.25, 0.3) is 0 Å². The SMILES string of the molecule is C#Cc1c(F)ccc2cc(O)cc(-c3c(F)cc4c(N5CC6CCC(C5)N6)nc(OCC5(CN6CC7(CCNC7)C6)CC5)nc4c3F)c12. The number of piperazine rings is 1. The fourth-order valence-electron chi connectivity index (χ4n) is 8.74. The maximum atomic E-state index is 16.9. The number of phenols is 1. The summed E-state index contributed by atoms with van der Waals surface area (Å²) in [5.41, 5.74) is -0.336. The molecule has 4 saturated heterocycles. The number of aromatic nitrogens is 2. The van der Waals surface area contributed by atoms with E-state index in [9.17, 15) is 9.50 Å². The Morgan fingerprint density at radius 1 is 1.02 bits per heavy atom. The Labute approximate surface area is 276 Å². The number of halogens is 3. The summed E-state index contributed by atoms with van der Waals surface area (Å²) in [7, 11) is 0. The molecule has 0 amide bonds. The van der Waals surface area contributed by atoms with Crippen molar-refractivity contribution in [3.8, 4) is 35.2 Å². The zero-order valence-corrected chi connectivity index (χ0v) is 26.6. The fourth-order valence-corrected chi connectivity index (χ4v) is 8.74. The summed E-state index contributed by atoms with van der Waals surface area (Å²) in [4.78, 5) is 13.9. The molecule has 0 radical (unpaired) electrons. The van der Waals surface area contributed by atoms with Gasteiger partial charge in [-0.15, -0.1) is 6.42 Å². The number of fused-ring (bicyclic) bond motifs is 4. The molecule has 5 heterocycles. The van der Waals surface area contributed by atoms with Crippen molar-refractivity contribution >= 4 is 27.5 Å². The van der Waals surface area contributed by atoms with Gasteiger partial charge in [-0.25, -0.2) is 13.2 Å². The number of aromatic hydroxyl groups is 1. The van der Waals surface area contributed by atoms with Gasteiger partial charge < -0.3 is 30.3 Å². The molecule has 1 saturated carbocycles. The maximum absolute atomic E-state index is 16.9. The van der Waals surface area contributed by atoms with Crippen LogP contribution in [0, 0.1) is 40.6 Å². The number of nitrogens with zero attached hydrogens (tertiary/aromatic N) is 4. The van der Waals surface area contributed by atoms with Crippen LogP contribution >= 0.6 is 0 Å². The number of benzene rings is 3. The van der Waals surface area contributed by atoms with E-state index in [1.165, 1.54) is 36.8 Å². The van der Waals surface area contributed by atoms with Crippen molar-refractivity contribution in [1.29, 1.82) is 0 Å². The number of likely N-dealkylation sites (tertiary alicyclic amines) is 1. The van der Waals surface area contributed by atoms with E-state index < -0.39 is 23.0 Å². The molecular weight excluding hydrogens is 617 g/mol. The van der Waals surface area contributed by atoms with E-state index >= 15 is 8.78 Å². The van der Waals surface area contributed by atoms with Gasteiger partial charge in [0.2, 0.25) is 0 Å². The number of ether oxygens (including phenoxy) is 1. The third-order valence-electron chi connectivity index (χ3n) is 11.3. The summed E-state index contributed by atoms with van der Waals surface area (Å²) >= 11 is 0. The Hall–Kier alpha value is -4.11. The molecule has 1 aromatic heterocycles. The van der Waals surface area contributed by atoms with Gasteiger partial charge in [-0.2, -0.15) is 9.97 Å². The maximum Gasteiger partial charge on any atom is 0.319 e. The van der Waals surface area contributed by atoms with Crippen molar-refractivity contribution in [2.45, 2.75) is 44.2 Å². The van der Waals surface area contributed by atoms with Gasteiger partial charge in [0, 0.05) is 78.5 Å². The van der Waals surface area contributed by atoms with Crippen LogP contribution in [0.25, 0.3) is 32.8 Å². The lowest BCUT2D eigenvalue weighted by Gasteiger charge is -2.49. The van der Waals surface area contributed by atoms with E-state index in [1.807, 2.05) is 0 Å². The van der Waals surface area contributed by atoms with Crippen molar-refractivity contribution < 1.29 is 23.0 Å². The van der Waals surface area contributed by atoms with E-state index in [0.29, 0.717) is 36.3 Å². The van der Waals surface area contributed by atoms with Crippen molar-refractivity contribution in [1.82, 2.24) is 25.5 Å². The van der Waals surface area contributed by atoms with Crippen LogP contribution in [0.2, 0.25) is 0 Å². The molecular formula is C37H37F3N6O2. The molecule has 2 unspecified atom stereocenters. The molecule has 5 aliphatic rings. The average molecular weight is 655 g/mol. The van der Waals surface area contributed by atoms with Crippen LogP contribution < -0.4 is 20.3 Å². The summed E-state index contributed by atoms with van der Waals surface area (Å²) in [6.45, 7) is 7.00. The monoisotopic (exact) mass is 654 g/mol. The smallest absolute Gasteiger partial charge is 0.319 e. The number of terminal acetylenes is 1. The van der Waals surface area contributed by atoms with Crippen molar-refractivity contribution in [3.63, 3.8) is 0 Å². The lowest BCUT2D eigenvalue weighted by Crippen LogP contribution is -2.58. The molecule has 4 aliphatic heterocycles. The number of rotatable bonds is 7. The van der Waals surface area contributed by atoms with Gasteiger partial charge in [-0.05, 0) is 68.3 Å². The van der Waals surface area contributed by atoms with E-state index in [4.69, 9.17) is 16.1 Å². The van der Waals surface area contributed by atoms with E-state index in [0.717, 1.165) is 58.4 Å². The molecule has 248 valence electrons. The topological polar surface area (TPSA) is 85.8 Å². The summed E-state index contributed by atoms with van der Waals surface area (Å²) in [5, 5.41) is 18.4. The van der Waals surface area contributed by atoms with Crippen molar-refractivity contribution in [3.05, 3.63) is 53.3 Å². The first kappa shape index (κ1) is 30.0. The molecule has 9 rings (SSSR count). The van der Waals surface area contributed by atoms with Crippen LogP contribution in [0.4, 0.5) is 19.0 Å². The van der Waals surface area contributed by atoms with Crippen LogP contribution in [0.15, 0.2) is 30.3 Å². The minimum atomic E-state index is -0.951. The Bertz CT molecular complexity index is 2000. The van der Waals surface area contributed by atoms with Crippen LogP contribution in [0.3, 0.4) is 0 Å². The molecule has 1 spiro atoms. The first-order valence-electron chi connectivity index (χ1n) is 16.9. The molecule has 2 bridgehead atoms. The number of nitrogens with one attached hydrogen (secondary N) is 2. The van der Waals surface area contributed by atoms with Gasteiger partial charge in [0.15, 0.2) is 5.82 Å². The minimum absolute atomic E-state index is 0.00293. The summed E-state index contributed by atoms with van der Waals surface area (Å²) in [6.07, 6.45) is 11.0. The zero-order valence-electron chi connectivity index (χ0n) is 26.6. The Balaban J connectivity index is 1.12. The highest BCUT2D eigenvalue weighted by Crippen LogP contribution is 2.49. The van der Waals surface area contributed by atoms with Gasteiger partial charge in [-0.3, -0.25) is 0 Å². The quantitative estimate of drug-likeness (QED) is 0.242. The normalized spacial score (nSPS) is 23.9. The molecule has 3 aromatic carbocycles. The molecule has 48 heavy (non-hydrogen) atoms. The molecule has 4 aromatic rings. The average Bonchev–Trinajstić information content (AvgIpc) is 3.48. The predicted molar refractivity (Wildman–Crippen MR) is 178 cm³/mol. The highest BCUT2D eigenvalue weighted by atomic mass is 19.1. The Morgan fingerprint density at radius 3 is 2.52 bits per heavy atom. The molecule has 3 N–H and O–H groups in total. The first-order valence-corrected chi connectivity index (χ1v) is 16.9. The second-order valence-corrected chi connectivity index (χ2v) is 14.8. The van der Waals surface area contributed by atoms with Gasteiger partial charge in [0.1, 0.15) is 28.7 Å². The van der Waals surface area contributed by atoms with Gasteiger partial charge in [-0.1, -0.05) is 12.0 Å². The summed E-state index contributed by atoms with van der Waals surface area (Å²) in [6, 6.07) is 7.00. The van der Waals surface area contributed by atoms with E-state index in [2.05, 4.69) is 31.3 Å². The molecule has 2 atom stereocenters. The van der Waals surface area contributed by atoms with E-state index in [1.54, 1.807) is 0 Å². The zero-order chi connectivity index (χ0) is 32.8. The van der Waals surface area contributed by atoms with Crippen LogP contribution in [0.5, 0.6) is 11.8 Å². The Morgan fingerprint density at radius 2 is 1.81 bits per heavy atom. The standard InChI is InChI=1S/C37H37F3N6O2/c1-2-25-28(38)6-3-21-11-24(47)12-26(30(21)25)31-29(39)13-27-33(32(31)40)43-35(44-34(27)46-14-22-4-5-23(15-46)42-22)48-20-36(7-8-36)17-45-18-37(19-45)9-10-41-16-37/h1,3,6,11-13,22-23,41-42,47H,4-5,7-10,14-20H2. The molecule has 1 aliphatic carbocycles. The summed E-state index contributed by atoms with van der Waals surface area (Å²) < 4.78 is 54.4. The van der Waals surface area contributed by atoms with Crippen molar-refractivity contribution in [2.75, 3.05) is 57.3 Å². The number of hydrogen-bond donors (Lipinski definition) is 3. The lowest BCUT2D eigenvalue weighted by molar-refractivity contribution is -0.00521. The van der Waals surface area contributed by atoms with Gasteiger partial charge >= 0.3 is 6.01 Å². The third kappa shape index (κ3) is 4.96. The highest BCUT2D eigenvalue weighted by molar-refractivity contribution is 6.04. The fraction of sp³-hybridized carbons (Fsp3) is 0.459. The molecule has 11 heteroatoms. The van der Waals surface area contributed by atoms with Crippen LogP contribution in [-0.2, 0) is 0 Å². The number of anilines is 1. The molecule has 8 nitrogen and oxygen atoms in total. The van der Waals surface area contributed by atoms with Crippen molar-refractivity contribution in [2.24, 2.45) is 10.8 Å². The largest absolute Gasteiger partial charge is 0.508 e. The summed E-state index contributed by atoms with van der Waals surface area (Å²) in [5.74, 6) is -0.0228. The Kier molecular flexibility index (Phi) is 6.84. The second-order valence-electron chi connectivity index (χ2n) is 14.8.